The molecule has 1 N–H and O–H groups in total. The zero-order valence-electron chi connectivity index (χ0n) is 13.8. The molecular formula is C21H19NO2S. The third kappa shape index (κ3) is 3.74. The summed E-state index contributed by atoms with van der Waals surface area (Å²) in [6.07, 6.45) is 4.68. The molecule has 126 valence electrons. The van der Waals surface area contributed by atoms with Crippen molar-refractivity contribution in [3.05, 3.63) is 76.0 Å². The minimum absolute atomic E-state index is 0.0314. The first-order valence-electron chi connectivity index (χ1n) is 8.54. The van der Waals surface area contributed by atoms with Crippen molar-refractivity contribution in [1.82, 2.24) is 0 Å². The Morgan fingerprint density at radius 3 is 2.40 bits per heavy atom. The quantitative estimate of drug-likeness (QED) is 0.659. The molecule has 0 atom stereocenters. The zero-order chi connectivity index (χ0) is 17.1. The SMILES string of the molecule is O=C(Nc1ccc(Oc2ccccc2)cc1)c1cc2c(s1)CCCC2. The maximum Gasteiger partial charge on any atom is 0.265 e. The monoisotopic (exact) mass is 349 g/mol. The van der Waals surface area contributed by atoms with Crippen LogP contribution in [0.15, 0.2) is 60.7 Å². The summed E-state index contributed by atoms with van der Waals surface area (Å²) in [6, 6.07) is 19.2. The molecule has 0 unspecified atom stereocenters. The van der Waals surface area contributed by atoms with E-state index in [1.807, 2.05) is 54.6 Å². The summed E-state index contributed by atoms with van der Waals surface area (Å²) in [7, 11) is 0. The van der Waals surface area contributed by atoms with Gasteiger partial charge in [-0.2, -0.15) is 0 Å². The standard InChI is InChI=1S/C21H19NO2S/c23-21(20-14-15-6-4-5-9-19(15)25-20)22-16-10-12-18(13-11-16)24-17-7-2-1-3-8-17/h1-3,7-8,10-14H,4-6,9H2,(H,22,23). The molecule has 1 heterocycles. The number of hydrogen-bond donors (Lipinski definition) is 1. The molecular weight excluding hydrogens is 330 g/mol. The number of ether oxygens (including phenoxy) is 1. The van der Waals surface area contributed by atoms with Gasteiger partial charge in [-0.1, -0.05) is 18.2 Å². The lowest BCUT2D eigenvalue weighted by Gasteiger charge is -2.08. The molecule has 25 heavy (non-hydrogen) atoms. The van der Waals surface area contributed by atoms with Crippen molar-refractivity contribution in [3.8, 4) is 11.5 Å². The maximum atomic E-state index is 12.5. The van der Waals surface area contributed by atoms with E-state index in [0.29, 0.717) is 0 Å². The van der Waals surface area contributed by atoms with Gasteiger partial charge in [0.1, 0.15) is 11.5 Å². The highest BCUT2D eigenvalue weighted by Crippen LogP contribution is 2.30. The molecule has 3 nitrogen and oxygen atoms in total. The summed E-state index contributed by atoms with van der Waals surface area (Å²) in [5.74, 6) is 1.51. The van der Waals surface area contributed by atoms with Crippen molar-refractivity contribution in [2.75, 3.05) is 5.32 Å². The first-order chi connectivity index (χ1) is 12.3. The van der Waals surface area contributed by atoms with Gasteiger partial charge in [-0.05, 0) is 73.7 Å². The summed E-state index contributed by atoms with van der Waals surface area (Å²) >= 11 is 1.63. The number of carbonyl (C=O) groups is 1. The van der Waals surface area contributed by atoms with Gasteiger partial charge in [0.05, 0.1) is 4.88 Å². The van der Waals surface area contributed by atoms with Gasteiger partial charge in [-0.3, -0.25) is 4.79 Å². The molecule has 0 radical (unpaired) electrons. The molecule has 4 heteroatoms. The molecule has 1 aliphatic carbocycles. The molecule has 0 saturated heterocycles. The number of fused-ring (bicyclic) bond motifs is 1. The van der Waals surface area contributed by atoms with E-state index < -0.39 is 0 Å². The van der Waals surface area contributed by atoms with Crippen LogP contribution in [-0.2, 0) is 12.8 Å². The van der Waals surface area contributed by atoms with Crippen molar-refractivity contribution >= 4 is 22.9 Å². The molecule has 1 amide bonds. The number of amides is 1. The van der Waals surface area contributed by atoms with Crippen LogP contribution in [0.3, 0.4) is 0 Å². The van der Waals surface area contributed by atoms with Crippen molar-refractivity contribution in [3.63, 3.8) is 0 Å². The minimum atomic E-state index is -0.0314. The normalized spacial score (nSPS) is 13.1. The minimum Gasteiger partial charge on any atom is -0.457 e. The van der Waals surface area contributed by atoms with Gasteiger partial charge in [0, 0.05) is 10.6 Å². The first-order valence-corrected chi connectivity index (χ1v) is 9.35. The van der Waals surface area contributed by atoms with Crippen molar-refractivity contribution in [1.29, 1.82) is 0 Å². The lowest BCUT2D eigenvalue weighted by molar-refractivity contribution is 0.103. The van der Waals surface area contributed by atoms with Gasteiger partial charge in [0.15, 0.2) is 0 Å². The van der Waals surface area contributed by atoms with Gasteiger partial charge >= 0.3 is 0 Å². The largest absolute Gasteiger partial charge is 0.457 e. The van der Waals surface area contributed by atoms with Crippen LogP contribution in [0.2, 0.25) is 0 Å². The lowest BCUT2D eigenvalue weighted by Crippen LogP contribution is -2.09. The Morgan fingerprint density at radius 2 is 1.64 bits per heavy atom. The molecule has 0 spiro atoms. The smallest absolute Gasteiger partial charge is 0.265 e. The molecule has 2 aromatic carbocycles. The van der Waals surface area contributed by atoms with E-state index >= 15 is 0 Å². The number of hydrogen-bond acceptors (Lipinski definition) is 3. The van der Waals surface area contributed by atoms with Gasteiger partial charge in [-0.25, -0.2) is 0 Å². The van der Waals surface area contributed by atoms with Crippen molar-refractivity contribution in [2.24, 2.45) is 0 Å². The number of carbonyl (C=O) groups excluding carboxylic acids is 1. The van der Waals surface area contributed by atoms with Gasteiger partial charge in [0.2, 0.25) is 0 Å². The molecule has 0 fully saturated rings. The number of nitrogens with one attached hydrogen (secondary N) is 1. The average Bonchev–Trinajstić information content (AvgIpc) is 3.09. The Hall–Kier alpha value is -2.59. The van der Waals surface area contributed by atoms with Crippen LogP contribution in [0.5, 0.6) is 11.5 Å². The Labute approximate surface area is 151 Å². The predicted octanol–water partition coefficient (Wildman–Crippen LogP) is 5.67. The van der Waals surface area contributed by atoms with E-state index in [1.165, 1.54) is 23.3 Å². The lowest BCUT2D eigenvalue weighted by atomic mass is 9.99. The molecule has 0 saturated carbocycles. The van der Waals surface area contributed by atoms with Gasteiger partial charge < -0.3 is 10.1 Å². The van der Waals surface area contributed by atoms with Gasteiger partial charge in [0.25, 0.3) is 5.91 Å². The fraction of sp³-hybridized carbons (Fsp3) is 0.190. The summed E-state index contributed by atoms with van der Waals surface area (Å²) < 4.78 is 5.77. The Morgan fingerprint density at radius 1 is 0.920 bits per heavy atom. The third-order valence-electron chi connectivity index (χ3n) is 4.31. The molecule has 1 aliphatic rings. The maximum absolute atomic E-state index is 12.5. The molecule has 3 aromatic rings. The second-order valence-corrected chi connectivity index (χ2v) is 7.30. The summed E-state index contributed by atoms with van der Waals surface area (Å²) in [4.78, 5) is 14.7. The molecule has 0 aliphatic heterocycles. The highest BCUT2D eigenvalue weighted by atomic mass is 32.1. The Balaban J connectivity index is 1.42. The van der Waals surface area contributed by atoms with E-state index in [-0.39, 0.29) is 5.91 Å². The van der Waals surface area contributed by atoms with Crippen molar-refractivity contribution in [2.45, 2.75) is 25.7 Å². The van der Waals surface area contributed by atoms with Gasteiger partial charge in [-0.15, -0.1) is 11.3 Å². The summed E-state index contributed by atoms with van der Waals surface area (Å²) in [5, 5.41) is 2.97. The zero-order valence-corrected chi connectivity index (χ0v) is 14.6. The van der Waals surface area contributed by atoms with E-state index in [0.717, 1.165) is 34.9 Å². The van der Waals surface area contributed by atoms with E-state index in [4.69, 9.17) is 4.74 Å². The fourth-order valence-electron chi connectivity index (χ4n) is 3.03. The number of benzene rings is 2. The highest BCUT2D eigenvalue weighted by molar-refractivity contribution is 7.14. The number of rotatable bonds is 4. The second-order valence-electron chi connectivity index (χ2n) is 6.16. The van der Waals surface area contributed by atoms with Crippen LogP contribution in [0.4, 0.5) is 5.69 Å². The first kappa shape index (κ1) is 15.9. The van der Waals surface area contributed by atoms with Crippen LogP contribution in [0.25, 0.3) is 0 Å². The van der Waals surface area contributed by atoms with Crippen LogP contribution >= 0.6 is 11.3 Å². The summed E-state index contributed by atoms with van der Waals surface area (Å²) in [5.41, 5.74) is 2.13. The third-order valence-corrected chi connectivity index (χ3v) is 5.55. The Kier molecular flexibility index (Phi) is 4.53. The number of para-hydroxylation sites is 1. The van der Waals surface area contributed by atoms with Crippen molar-refractivity contribution < 1.29 is 9.53 Å². The highest BCUT2D eigenvalue weighted by Gasteiger charge is 2.17. The van der Waals surface area contributed by atoms with E-state index in [9.17, 15) is 4.79 Å². The fourth-order valence-corrected chi connectivity index (χ4v) is 4.18. The molecule has 0 bridgehead atoms. The van der Waals surface area contributed by atoms with E-state index in [2.05, 4.69) is 11.4 Å². The number of thiophene rings is 1. The van der Waals surface area contributed by atoms with Crippen LogP contribution in [0.1, 0.15) is 33.0 Å². The van der Waals surface area contributed by atoms with Crippen LogP contribution < -0.4 is 10.1 Å². The van der Waals surface area contributed by atoms with Crippen LogP contribution in [-0.4, -0.2) is 5.91 Å². The number of anilines is 1. The molecule has 4 rings (SSSR count). The van der Waals surface area contributed by atoms with E-state index in [1.54, 1.807) is 11.3 Å². The topological polar surface area (TPSA) is 38.3 Å². The summed E-state index contributed by atoms with van der Waals surface area (Å²) in [6.45, 7) is 0. The number of aryl methyl sites for hydroxylation is 2. The Bertz CT molecular complexity index is 845. The van der Waals surface area contributed by atoms with Crippen LogP contribution in [0, 0.1) is 0 Å². The predicted molar refractivity (Wildman–Crippen MR) is 102 cm³/mol. The average molecular weight is 349 g/mol. The second kappa shape index (κ2) is 7.11. The molecule has 1 aromatic heterocycles.